The average Bonchev–Trinajstić information content (AvgIpc) is 2.66. The predicted octanol–water partition coefficient (Wildman–Crippen LogP) is 3.87. The molecule has 0 spiro atoms. The highest BCUT2D eigenvalue weighted by molar-refractivity contribution is 5.88. The van der Waals surface area contributed by atoms with Gasteiger partial charge in [0, 0.05) is 13.1 Å². The van der Waals surface area contributed by atoms with E-state index in [1.165, 1.54) is 12.1 Å². The van der Waals surface area contributed by atoms with Gasteiger partial charge in [-0.2, -0.15) is 0 Å². The SMILES string of the molecule is Cc1ccccc1CC(=O)N(Cc1ccc(F)cc1)[C@@H](C)C(=O)NCC(C)C. The first-order valence-electron chi connectivity index (χ1n) is 9.64. The number of hydrogen-bond acceptors (Lipinski definition) is 2. The lowest BCUT2D eigenvalue weighted by atomic mass is 10.0. The van der Waals surface area contributed by atoms with E-state index in [-0.39, 0.29) is 30.6 Å². The molecule has 0 radical (unpaired) electrons. The minimum atomic E-state index is -0.625. The minimum absolute atomic E-state index is 0.133. The van der Waals surface area contributed by atoms with Crippen LogP contribution in [0.1, 0.15) is 37.5 Å². The van der Waals surface area contributed by atoms with Crippen LogP contribution in [-0.4, -0.2) is 29.3 Å². The second-order valence-electron chi connectivity index (χ2n) is 7.57. The molecular formula is C23H29FN2O2. The molecule has 5 heteroatoms. The van der Waals surface area contributed by atoms with Crippen molar-refractivity contribution >= 4 is 11.8 Å². The van der Waals surface area contributed by atoms with Gasteiger partial charge in [0.25, 0.3) is 0 Å². The first-order valence-corrected chi connectivity index (χ1v) is 9.64. The smallest absolute Gasteiger partial charge is 0.242 e. The molecule has 0 bridgehead atoms. The predicted molar refractivity (Wildman–Crippen MR) is 109 cm³/mol. The van der Waals surface area contributed by atoms with Crippen molar-refractivity contribution < 1.29 is 14.0 Å². The lowest BCUT2D eigenvalue weighted by Crippen LogP contribution is -2.48. The summed E-state index contributed by atoms with van der Waals surface area (Å²) in [4.78, 5) is 27.2. The van der Waals surface area contributed by atoms with Crippen LogP contribution in [0.3, 0.4) is 0 Å². The highest BCUT2D eigenvalue weighted by Gasteiger charge is 2.26. The van der Waals surface area contributed by atoms with Crippen LogP contribution < -0.4 is 5.32 Å². The molecule has 1 atom stereocenters. The van der Waals surface area contributed by atoms with Gasteiger partial charge in [0.1, 0.15) is 11.9 Å². The molecule has 4 nitrogen and oxygen atoms in total. The quantitative estimate of drug-likeness (QED) is 0.751. The van der Waals surface area contributed by atoms with Gasteiger partial charge in [-0.05, 0) is 48.6 Å². The number of hydrogen-bond donors (Lipinski definition) is 1. The van der Waals surface area contributed by atoms with E-state index in [0.717, 1.165) is 16.7 Å². The summed E-state index contributed by atoms with van der Waals surface area (Å²) >= 11 is 0. The molecule has 0 saturated carbocycles. The number of aryl methyl sites for hydroxylation is 1. The molecule has 28 heavy (non-hydrogen) atoms. The lowest BCUT2D eigenvalue weighted by molar-refractivity contribution is -0.140. The van der Waals surface area contributed by atoms with Crippen LogP contribution in [0.2, 0.25) is 0 Å². The van der Waals surface area contributed by atoms with Crippen molar-refractivity contribution in [1.29, 1.82) is 0 Å². The average molecular weight is 384 g/mol. The number of nitrogens with zero attached hydrogens (tertiary/aromatic N) is 1. The summed E-state index contributed by atoms with van der Waals surface area (Å²) in [5, 5.41) is 2.89. The zero-order valence-electron chi connectivity index (χ0n) is 17.0. The maximum Gasteiger partial charge on any atom is 0.242 e. The Hall–Kier alpha value is -2.69. The monoisotopic (exact) mass is 384 g/mol. The molecule has 0 fully saturated rings. The van der Waals surface area contributed by atoms with E-state index in [1.807, 2.05) is 45.0 Å². The largest absolute Gasteiger partial charge is 0.354 e. The highest BCUT2D eigenvalue weighted by atomic mass is 19.1. The molecule has 0 aromatic heterocycles. The third-order valence-electron chi connectivity index (χ3n) is 4.72. The molecule has 0 unspecified atom stereocenters. The summed E-state index contributed by atoms with van der Waals surface area (Å²) in [5.41, 5.74) is 2.75. The van der Waals surface area contributed by atoms with Gasteiger partial charge in [0.15, 0.2) is 0 Å². The molecule has 2 rings (SSSR count). The van der Waals surface area contributed by atoms with Crippen molar-refractivity contribution in [3.05, 3.63) is 71.0 Å². The van der Waals surface area contributed by atoms with Gasteiger partial charge in [0.05, 0.1) is 6.42 Å². The second kappa shape index (κ2) is 10.0. The Labute approximate surface area is 166 Å². The van der Waals surface area contributed by atoms with Gasteiger partial charge in [-0.1, -0.05) is 50.2 Å². The van der Waals surface area contributed by atoms with Crippen molar-refractivity contribution in [2.24, 2.45) is 5.92 Å². The molecule has 0 aliphatic heterocycles. The molecular weight excluding hydrogens is 355 g/mol. The molecule has 0 aliphatic carbocycles. The first-order chi connectivity index (χ1) is 13.3. The molecule has 0 heterocycles. The molecule has 0 saturated heterocycles. The fourth-order valence-electron chi connectivity index (χ4n) is 2.89. The maximum absolute atomic E-state index is 13.2. The topological polar surface area (TPSA) is 49.4 Å². The van der Waals surface area contributed by atoms with E-state index in [9.17, 15) is 14.0 Å². The Morgan fingerprint density at radius 2 is 1.68 bits per heavy atom. The first kappa shape index (κ1) is 21.6. The van der Waals surface area contributed by atoms with Gasteiger partial charge in [0.2, 0.25) is 11.8 Å². The number of amides is 2. The highest BCUT2D eigenvalue weighted by Crippen LogP contribution is 2.15. The van der Waals surface area contributed by atoms with E-state index in [2.05, 4.69) is 5.32 Å². The van der Waals surface area contributed by atoms with Crippen LogP contribution in [0.4, 0.5) is 4.39 Å². The fourth-order valence-corrected chi connectivity index (χ4v) is 2.89. The van der Waals surface area contributed by atoms with E-state index in [4.69, 9.17) is 0 Å². The summed E-state index contributed by atoms with van der Waals surface area (Å²) in [7, 11) is 0. The number of carbonyl (C=O) groups excluding carboxylic acids is 2. The second-order valence-corrected chi connectivity index (χ2v) is 7.57. The van der Waals surface area contributed by atoms with Gasteiger partial charge >= 0.3 is 0 Å². The van der Waals surface area contributed by atoms with Gasteiger partial charge < -0.3 is 10.2 Å². The van der Waals surface area contributed by atoms with Crippen LogP contribution in [0, 0.1) is 18.7 Å². The standard InChI is InChI=1S/C23H29FN2O2/c1-16(2)14-25-23(28)18(4)26(15-19-9-11-21(24)12-10-19)22(27)13-20-8-6-5-7-17(20)3/h5-12,16,18H,13-15H2,1-4H3,(H,25,28)/t18-/m0/s1. The van der Waals surface area contributed by atoms with Crippen LogP contribution in [0.15, 0.2) is 48.5 Å². The summed E-state index contributed by atoms with van der Waals surface area (Å²) < 4.78 is 13.2. The molecule has 2 amide bonds. The van der Waals surface area contributed by atoms with E-state index >= 15 is 0 Å². The Morgan fingerprint density at radius 3 is 2.29 bits per heavy atom. The third-order valence-corrected chi connectivity index (χ3v) is 4.72. The summed E-state index contributed by atoms with van der Waals surface area (Å²) in [6.45, 7) is 8.54. The van der Waals surface area contributed by atoms with E-state index < -0.39 is 6.04 Å². The van der Waals surface area contributed by atoms with Crippen LogP contribution in [0.5, 0.6) is 0 Å². The summed E-state index contributed by atoms with van der Waals surface area (Å²) in [6, 6.07) is 13.1. The molecule has 0 aliphatic rings. The Morgan fingerprint density at radius 1 is 1.04 bits per heavy atom. The normalized spacial score (nSPS) is 11.9. The van der Waals surface area contributed by atoms with Crippen molar-refractivity contribution in [2.75, 3.05) is 6.54 Å². The van der Waals surface area contributed by atoms with Gasteiger partial charge in [-0.15, -0.1) is 0 Å². The Balaban J connectivity index is 2.21. The zero-order chi connectivity index (χ0) is 20.7. The molecule has 2 aromatic rings. The Bertz CT molecular complexity index is 803. The van der Waals surface area contributed by atoms with Gasteiger partial charge in [-0.25, -0.2) is 4.39 Å². The van der Waals surface area contributed by atoms with E-state index in [1.54, 1.807) is 24.0 Å². The number of nitrogens with one attached hydrogen (secondary N) is 1. The summed E-state index contributed by atoms with van der Waals surface area (Å²) in [6.07, 6.45) is 0.218. The van der Waals surface area contributed by atoms with Gasteiger partial charge in [-0.3, -0.25) is 9.59 Å². The van der Waals surface area contributed by atoms with Crippen molar-refractivity contribution in [1.82, 2.24) is 10.2 Å². The number of benzene rings is 2. The molecule has 150 valence electrons. The van der Waals surface area contributed by atoms with Crippen LogP contribution in [-0.2, 0) is 22.6 Å². The minimum Gasteiger partial charge on any atom is -0.354 e. The third kappa shape index (κ3) is 6.19. The fraction of sp³-hybridized carbons (Fsp3) is 0.391. The maximum atomic E-state index is 13.2. The Kier molecular flexibility index (Phi) is 7.73. The number of halogens is 1. The zero-order valence-corrected chi connectivity index (χ0v) is 17.0. The number of rotatable bonds is 8. The van der Waals surface area contributed by atoms with Crippen LogP contribution >= 0.6 is 0 Å². The van der Waals surface area contributed by atoms with E-state index in [0.29, 0.717) is 12.5 Å². The van der Waals surface area contributed by atoms with Crippen molar-refractivity contribution in [2.45, 2.75) is 46.7 Å². The summed E-state index contributed by atoms with van der Waals surface area (Å²) in [5.74, 6) is -0.326. The molecule has 1 N–H and O–H groups in total. The van der Waals surface area contributed by atoms with Crippen LogP contribution in [0.25, 0.3) is 0 Å². The lowest BCUT2D eigenvalue weighted by Gasteiger charge is -2.29. The number of carbonyl (C=O) groups is 2. The van der Waals surface area contributed by atoms with Crippen molar-refractivity contribution in [3.8, 4) is 0 Å². The molecule has 2 aromatic carbocycles. The van der Waals surface area contributed by atoms with Crippen molar-refractivity contribution in [3.63, 3.8) is 0 Å².